The minimum Gasteiger partial charge on any atom is -0.474 e. The maximum atomic E-state index is 4.93. The van der Waals surface area contributed by atoms with Crippen molar-refractivity contribution in [3.63, 3.8) is 0 Å². The molecule has 0 spiro atoms. The zero-order valence-corrected chi connectivity index (χ0v) is 8.35. The highest BCUT2D eigenvalue weighted by Crippen LogP contribution is 2.35. The van der Waals surface area contributed by atoms with Crippen LogP contribution in [-0.4, -0.2) is 0 Å². The van der Waals surface area contributed by atoms with Crippen LogP contribution in [-0.2, 0) is 4.74 Å². The molecule has 10 heavy (non-hydrogen) atoms. The molecule has 0 atom stereocenters. The molecule has 0 saturated heterocycles. The van der Waals surface area contributed by atoms with Crippen molar-refractivity contribution in [2.75, 3.05) is 0 Å². The maximum absolute atomic E-state index is 4.93. The minimum absolute atomic E-state index is 0.450. The molecule has 0 fully saturated rings. The van der Waals surface area contributed by atoms with E-state index in [4.69, 9.17) is 4.74 Å². The van der Waals surface area contributed by atoms with E-state index in [0.29, 0.717) is 19.8 Å². The lowest BCUT2D eigenvalue weighted by atomic mass is 10.4. The molecule has 5 heteroatoms. The predicted octanol–water partition coefficient (Wildman–Crippen LogP) is 2.28. The second kappa shape index (κ2) is 3.38. The average molecular weight is 209 g/mol. The van der Waals surface area contributed by atoms with Gasteiger partial charge in [0.15, 0.2) is 11.7 Å². The van der Waals surface area contributed by atoms with Crippen molar-refractivity contribution < 1.29 is 4.74 Å². The van der Waals surface area contributed by atoms with Crippen LogP contribution >= 0.6 is 50.5 Å². The van der Waals surface area contributed by atoms with Crippen LogP contribution in [0.4, 0.5) is 0 Å². The van der Waals surface area contributed by atoms with E-state index in [1.165, 1.54) is 6.61 Å². The first kappa shape index (κ1) is 8.77. The van der Waals surface area contributed by atoms with E-state index in [1.54, 1.807) is 0 Å². The van der Waals surface area contributed by atoms with Gasteiger partial charge < -0.3 is 4.74 Å². The minimum atomic E-state index is 0.450. The molecule has 1 aliphatic rings. The van der Waals surface area contributed by atoms with Crippen LogP contribution in [0.15, 0.2) is 19.8 Å². The zero-order chi connectivity index (χ0) is 7.72. The highest BCUT2D eigenvalue weighted by Gasteiger charge is 2.14. The van der Waals surface area contributed by atoms with Gasteiger partial charge in [-0.25, -0.2) is 0 Å². The Morgan fingerprint density at radius 3 is 2.10 bits per heavy atom. The molecular weight excluding hydrogens is 204 g/mol. The molecule has 0 aliphatic carbocycles. The van der Waals surface area contributed by atoms with E-state index in [9.17, 15) is 0 Å². The van der Waals surface area contributed by atoms with Crippen LogP contribution in [0.3, 0.4) is 0 Å². The third kappa shape index (κ3) is 1.64. The van der Waals surface area contributed by atoms with Crippen molar-refractivity contribution in [3.8, 4) is 0 Å². The summed E-state index contributed by atoms with van der Waals surface area (Å²) in [6, 6.07) is 0. The standard InChI is InChI=1S/C5H5OS4/c7-2-1-6-5(10)4(9)3(2)8/h1,7-10H. The van der Waals surface area contributed by atoms with Crippen molar-refractivity contribution in [1.82, 2.24) is 0 Å². The lowest BCUT2D eigenvalue weighted by Gasteiger charge is -2.15. The van der Waals surface area contributed by atoms with Crippen molar-refractivity contribution >= 4 is 50.5 Å². The Labute approximate surface area is 81.5 Å². The van der Waals surface area contributed by atoms with Crippen LogP contribution in [0.5, 0.6) is 0 Å². The number of hydrogen-bond donors (Lipinski definition) is 4. The quantitative estimate of drug-likeness (QED) is 0.448. The Morgan fingerprint density at radius 2 is 1.60 bits per heavy atom. The number of thiol groups is 4. The summed E-state index contributed by atoms with van der Waals surface area (Å²) in [5.41, 5.74) is 0. The maximum Gasteiger partial charge on any atom is 0.173 e. The average Bonchev–Trinajstić information content (AvgIpc) is 1.93. The van der Waals surface area contributed by atoms with Gasteiger partial charge in [0.25, 0.3) is 0 Å². The van der Waals surface area contributed by atoms with Gasteiger partial charge in [-0.2, -0.15) is 0 Å². The molecule has 0 unspecified atom stereocenters. The SMILES string of the molecule is SC1=C(S)C(S)=C(S)O[CH]1. The lowest BCUT2D eigenvalue weighted by Crippen LogP contribution is -1.96. The second-order valence-corrected chi connectivity index (χ2v) is 3.41. The molecule has 0 aromatic heterocycles. The molecule has 1 aliphatic heterocycles. The van der Waals surface area contributed by atoms with E-state index < -0.39 is 0 Å². The van der Waals surface area contributed by atoms with Gasteiger partial charge in [0, 0.05) is 9.81 Å². The highest BCUT2D eigenvalue weighted by molar-refractivity contribution is 7.93. The van der Waals surface area contributed by atoms with Gasteiger partial charge in [0.1, 0.15) is 0 Å². The summed E-state index contributed by atoms with van der Waals surface area (Å²) in [6.45, 7) is 1.47. The lowest BCUT2D eigenvalue weighted by molar-refractivity contribution is 0.338. The van der Waals surface area contributed by atoms with E-state index >= 15 is 0 Å². The van der Waals surface area contributed by atoms with Crippen molar-refractivity contribution in [2.45, 2.75) is 0 Å². The molecule has 0 bridgehead atoms. The van der Waals surface area contributed by atoms with Crippen LogP contribution < -0.4 is 0 Å². The van der Waals surface area contributed by atoms with E-state index in [2.05, 4.69) is 50.5 Å². The Kier molecular flexibility index (Phi) is 2.97. The summed E-state index contributed by atoms with van der Waals surface area (Å²) in [5.74, 6) is 0. The topological polar surface area (TPSA) is 9.23 Å². The summed E-state index contributed by atoms with van der Waals surface area (Å²) < 4.78 is 4.93. The Hall–Kier alpha value is 0.680. The third-order valence-corrected chi connectivity index (χ3v) is 3.03. The van der Waals surface area contributed by atoms with Gasteiger partial charge in [-0.05, 0) is 0 Å². The first-order chi connectivity index (χ1) is 4.63. The van der Waals surface area contributed by atoms with Crippen molar-refractivity contribution in [3.05, 3.63) is 26.4 Å². The van der Waals surface area contributed by atoms with E-state index in [-0.39, 0.29) is 0 Å². The molecule has 55 valence electrons. The second-order valence-electron chi connectivity index (χ2n) is 1.62. The zero-order valence-electron chi connectivity index (χ0n) is 4.77. The molecule has 0 N–H and O–H groups in total. The van der Waals surface area contributed by atoms with Gasteiger partial charge in [-0.1, -0.05) is 0 Å². The Morgan fingerprint density at radius 1 is 1.00 bits per heavy atom. The van der Waals surface area contributed by atoms with Crippen LogP contribution in [0.1, 0.15) is 0 Å². The molecule has 1 nitrogen and oxygen atoms in total. The van der Waals surface area contributed by atoms with E-state index in [1.807, 2.05) is 0 Å². The van der Waals surface area contributed by atoms with Crippen LogP contribution in [0.2, 0.25) is 0 Å². The van der Waals surface area contributed by atoms with Gasteiger partial charge >= 0.3 is 0 Å². The third-order valence-electron chi connectivity index (χ3n) is 0.952. The molecule has 1 heterocycles. The molecule has 1 rings (SSSR count). The molecular formula is C5H5OS4. The summed E-state index contributed by atoms with van der Waals surface area (Å²) in [7, 11) is 0. The summed E-state index contributed by atoms with van der Waals surface area (Å²) in [6.07, 6.45) is 0. The van der Waals surface area contributed by atoms with Gasteiger partial charge in [0.2, 0.25) is 0 Å². The van der Waals surface area contributed by atoms with Gasteiger partial charge in [-0.3, -0.25) is 0 Å². The largest absolute Gasteiger partial charge is 0.474 e. The fraction of sp³-hybridized carbons (Fsp3) is 0. The summed E-state index contributed by atoms with van der Waals surface area (Å²) in [4.78, 5) is 1.95. The van der Waals surface area contributed by atoms with Crippen molar-refractivity contribution in [1.29, 1.82) is 0 Å². The first-order valence-electron chi connectivity index (χ1n) is 2.37. The number of hydrogen-bond acceptors (Lipinski definition) is 5. The van der Waals surface area contributed by atoms with Crippen LogP contribution in [0.25, 0.3) is 0 Å². The molecule has 0 amide bonds. The number of rotatable bonds is 0. The van der Waals surface area contributed by atoms with E-state index in [0.717, 1.165) is 0 Å². The summed E-state index contributed by atoms with van der Waals surface area (Å²) in [5, 5.41) is 0.450. The molecule has 1 radical (unpaired) electrons. The fourth-order valence-electron chi connectivity index (χ4n) is 0.446. The monoisotopic (exact) mass is 209 g/mol. The molecule has 0 aromatic rings. The predicted molar refractivity (Wildman–Crippen MR) is 55.4 cm³/mol. The highest BCUT2D eigenvalue weighted by atomic mass is 32.1. The molecule has 0 aromatic carbocycles. The normalized spacial score (nSPS) is 19.6. The fourth-order valence-corrected chi connectivity index (χ4v) is 1.28. The van der Waals surface area contributed by atoms with Crippen LogP contribution in [0, 0.1) is 6.61 Å². The Bertz CT molecular complexity index is 194. The summed E-state index contributed by atoms with van der Waals surface area (Å²) >= 11 is 16.3. The van der Waals surface area contributed by atoms with Gasteiger partial charge in [0.05, 0.1) is 4.91 Å². The number of ether oxygens (including phenoxy) is 1. The van der Waals surface area contributed by atoms with Gasteiger partial charge in [-0.15, -0.1) is 50.5 Å². The Balaban J connectivity index is 3.01. The smallest absolute Gasteiger partial charge is 0.173 e. The van der Waals surface area contributed by atoms with Crippen molar-refractivity contribution in [2.24, 2.45) is 0 Å². The first-order valence-corrected chi connectivity index (χ1v) is 4.16. The molecule has 0 saturated carbocycles.